The first-order valence-electron chi connectivity index (χ1n) is 9.67. The van der Waals surface area contributed by atoms with Crippen molar-refractivity contribution in [2.45, 2.75) is 12.6 Å². The molecule has 0 spiro atoms. The van der Waals surface area contributed by atoms with Crippen LogP contribution in [0.3, 0.4) is 0 Å². The molecule has 1 heterocycles. The van der Waals surface area contributed by atoms with Crippen LogP contribution >= 0.6 is 0 Å². The van der Waals surface area contributed by atoms with Crippen LogP contribution in [0.5, 0.6) is 11.5 Å². The Bertz CT molecular complexity index is 880. The number of aliphatic hydroxyl groups excluding tert-OH is 1. The van der Waals surface area contributed by atoms with Crippen molar-refractivity contribution >= 4 is 0 Å². The first-order chi connectivity index (χ1) is 13.8. The van der Waals surface area contributed by atoms with E-state index < -0.39 is 6.10 Å². The second-order valence-electron chi connectivity index (χ2n) is 7.05. The number of benzene rings is 3. The van der Waals surface area contributed by atoms with Crippen molar-refractivity contribution in [1.82, 2.24) is 4.90 Å². The average Bonchev–Trinajstić information content (AvgIpc) is 2.95. The van der Waals surface area contributed by atoms with E-state index in [1.165, 1.54) is 5.56 Å². The highest BCUT2D eigenvalue weighted by Gasteiger charge is 2.18. The Hall–Kier alpha value is -2.82. The molecule has 4 nitrogen and oxygen atoms in total. The standard InChI is InChI=1S/C24H25NO3/c26-22(17-25-14-15-27-24-9-5-4-8-21(24)16-25)18-28-23-12-10-20(11-13-23)19-6-2-1-3-7-19/h1-13,22,26H,14-18H2. The van der Waals surface area contributed by atoms with E-state index >= 15 is 0 Å². The Morgan fingerprint density at radius 3 is 2.43 bits per heavy atom. The number of aliphatic hydroxyl groups is 1. The van der Waals surface area contributed by atoms with Gasteiger partial charge in [0, 0.05) is 25.2 Å². The minimum absolute atomic E-state index is 0.268. The zero-order valence-electron chi connectivity index (χ0n) is 15.8. The van der Waals surface area contributed by atoms with Crippen molar-refractivity contribution < 1.29 is 14.6 Å². The van der Waals surface area contributed by atoms with E-state index in [0.29, 0.717) is 13.2 Å². The summed E-state index contributed by atoms with van der Waals surface area (Å²) in [7, 11) is 0. The molecule has 3 aromatic carbocycles. The van der Waals surface area contributed by atoms with Gasteiger partial charge in [-0.1, -0.05) is 60.7 Å². The second-order valence-corrected chi connectivity index (χ2v) is 7.05. The normalized spacial score (nSPS) is 15.2. The Morgan fingerprint density at radius 1 is 0.893 bits per heavy atom. The Kier molecular flexibility index (Phi) is 5.90. The Morgan fingerprint density at radius 2 is 1.61 bits per heavy atom. The molecule has 1 aliphatic heterocycles. The van der Waals surface area contributed by atoms with E-state index in [9.17, 15) is 5.11 Å². The number of β-amino-alcohol motifs (C(OH)–C–C–N with tert-alkyl or cyclic N) is 1. The predicted octanol–water partition coefficient (Wildman–Crippen LogP) is 3.99. The highest BCUT2D eigenvalue weighted by atomic mass is 16.5. The van der Waals surface area contributed by atoms with Gasteiger partial charge in [-0.2, -0.15) is 0 Å². The van der Waals surface area contributed by atoms with Gasteiger partial charge in [0.2, 0.25) is 0 Å². The van der Waals surface area contributed by atoms with Gasteiger partial charge >= 0.3 is 0 Å². The molecule has 3 aromatic rings. The van der Waals surface area contributed by atoms with Gasteiger partial charge in [-0.15, -0.1) is 0 Å². The molecule has 0 bridgehead atoms. The van der Waals surface area contributed by atoms with Crippen LogP contribution in [-0.2, 0) is 6.54 Å². The topological polar surface area (TPSA) is 41.9 Å². The van der Waals surface area contributed by atoms with E-state index in [2.05, 4.69) is 23.1 Å². The van der Waals surface area contributed by atoms with Crippen molar-refractivity contribution in [2.24, 2.45) is 0 Å². The maximum absolute atomic E-state index is 10.4. The molecule has 1 atom stereocenters. The predicted molar refractivity (Wildman–Crippen MR) is 111 cm³/mol. The summed E-state index contributed by atoms with van der Waals surface area (Å²) in [6, 6.07) is 26.3. The summed E-state index contributed by atoms with van der Waals surface area (Å²) < 4.78 is 11.6. The van der Waals surface area contributed by atoms with Crippen LogP contribution in [-0.4, -0.2) is 42.4 Å². The van der Waals surface area contributed by atoms with Gasteiger partial charge in [0.15, 0.2) is 0 Å². The van der Waals surface area contributed by atoms with E-state index in [1.54, 1.807) is 0 Å². The molecule has 0 fully saturated rings. The molecule has 1 N–H and O–H groups in total. The van der Waals surface area contributed by atoms with E-state index in [-0.39, 0.29) is 6.61 Å². The molecular formula is C24H25NO3. The van der Waals surface area contributed by atoms with Crippen molar-refractivity contribution in [3.8, 4) is 22.6 Å². The number of nitrogens with zero attached hydrogens (tertiary/aromatic N) is 1. The fraction of sp³-hybridized carbons (Fsp3) is 0.250. The summed E-state index contributed by atoms with van der Waals surface area (Å²) in [5.74, 6) is 1.71. The molecule has 28 heavy (non-hydrogen) atoms. The zero-order chi connectivity index (χ0) is 19.2. The fourth-order valence-electron chi connectivity index (χ4n) is 3.45. The van der Waals surface area contributed by atoms with Crippen molar-refractivity contribution in [1.29, 1.82) is 0 Å². The molecule has 0 aliphatic carbocycles. The highest BCUT2D eigenvalue weighted by Crippen LogP contribution is 2.23. The third-order valence-corrected chi connectivity index (χ3v) is 4.90. The first kappa shape index (κ1) is 18.5. The van der Waals surface area contributed by atoms with Crippen LogP contribution in [0.25, 0.3) is 11.1 Å². The van der Waals surface area contributed by atoms with Crippen LogP contribution in [0.2, 0.25) is 0 Å². The fourth-order valence-corrected chi connectivity index (χ4v) is 3.45. The van der Waals surface area contributed by atoms with Gasteiger partial charge in [-0.05, 0) is 29.3 Å². The van der Waals surface area contributed by atoms with Gasteiger partial charge in [0.05, 0.1) is 0 Å². The number of rotatable bonds is 6. The van der Waals surface area contributed by atoms with Crippen molar-refractivity contribution in [3.05, 3.63) is 84.4 Å². The van der Waals surface area contributed by atoms with Gasteiger partial charge < -0.3 is 14.6 Å². The lowest BCUT2D eigenvalue weighted by atomic mass is 10.1. The molecule has 0 aromatic heterocycles. The quantitative estimate of drug-likeness (QED) is 0.707. The molecule has 144 valence electrons. The number of hydrogen-bond donors (Lipinski definition) is 1. The molecule has 0 saturated heterocycles. The molecule has 0 amide bonds. The van der Waals surface area contributed by atoms with Crippen LogP contribution < -0.4 is 9.47 Å². The lowest BCUT2D eigenvalue weighted by Crippen LogP contribution is -2.36. The third-order valence-electron chi connectivity index (χ3n) is 4.90. The molecule has 1 unspecified atom stereocenters. The summed E-state index contributed by atoms with van der Waals surface area (Å²) in [6.07, 6.45) is -0.556. The monoisotopic (exact) mass is 375 g/mol. The molecule has 4 rings (SSSR count). The molecular weight excluding hydrogens is 350 g/mol. The molecule has 4 heteroatoms. The number of fused-ring (bicyclic) bond motifs is 1. The summed E-state index contributed by atoms with van der Waals surface area (Å²) >= 11 is 0. The molecule has 0 saturated carbocycles. The van der Waals surface area contributed by atoms with Gasteiger partial charge in [-0.25, -0.2) is 0 Å². The zero-order valence-corrected chi connectivity index (χ0v) is 15.8. The lowest BCUT2D eigenvalue weighted by Gasteiger charge is -2.23. The van der Waals surface area contributed by atoms with Crippen molar-refractivity contribution in [3.63, 3.8) is 0 Å². The minimum atomic E-state index is -0.556. The van der Waals surface area contributed by atoms with E-state index in [0.717, 1.165) is 35.7 Å². The number of ether oxygens (including phenoxy) is 2. The summed E-state index contributed by atoms with van der Waals surface area (Å²) in [4.78, 5) is 2.21. The Balaban J connectivity index is 1.29. The third kappa shape index (κ3) is 4.71. The first-order valence-corrected chi connectivity index (χ1v) is 9.67. The van der Waals surface area contributed by atoms with E-state index in [1.807, 2.05) is 60.7 Å². The van der Waals surface area contributed by atoms with Crippen molar-refractivity contribution in [2.75, 3.05) is 26.3 Å². The van der Waals surface area contributed by atoms with Crippen LogP contribution in [0.4, 0.5) is 0 Å². The summed E-state index contributed by atoms with van der Waals surface area (Å²) in [6.45, 7) is 3.02. The summed E-state index contributed by atoms with van der Waals surface area (Å²) in [5, 5.41) is 10.4. The van der Waals surface area contributed by atoms with Gasteiger partial charge in [0.25, 0.3) is 0 Å². The molecule has 1 aliphatic rings. The second kappa shape index (κ2) is 8.91. The summed E-state index contributed by atoms with van der Waals surface area (Å²) in [5.41, 5.74) is 3.49. The van der Waals surface area contributed by atoms with Gasteiger partial charge in [0.1, 0.15) is 30.8 Å². The SMILES string of the molecule is OC(COc1ccc(-c2ccccc2)cc1)CN1CCOc2ccccc2C1. The van der Waals surface area contributed by atoms with Crippen LogP contribution in [0, 0.1) is 0 Å². The number of para-hydroxylation sites is 1. The minimum Gasteiger partial charge on any atom is -0.492 e. The largest absolute Gasteiger partial charge is 0.492 e. The highest BCUT2D eigenvalue weighted by molar-refractivity contribution is 5.63. The Labute approximate surface area is 166 Å². The van der Waals surface area contributed by atoms with Crippen LogP contribution in [0.15, 0.2) is 78.9 Å². The maximum Gasteiger partial charge on any atom is 0.123 e. The smallest absolute Gasteiger partial charge is 0.123 e. The van der Waals surface area contributed by atoms with Crippen LogP contribution in [0.1, 0.15) is 5.56 Å². The molecule has 0 radical (unpaired) electrons. The lowest BCUT2D eigenvalue weighted by molar-refractivity contribution is 0.0638. The number of hydrogen-bond acceptors (Lipinski definition) is 4. The maximum atomic E-state index is 10.4. The van der Waals surface area contributed by atoms with E-state index in [4.69, 9.17) is 9.47 Å². The average molecular weight is 375 g/mol. The van der Waals surface area contributed by atoms with Gasteiger partial charge in [-0.3, -0.25) is 4.90 Å².